The van der Waals surface area contributed by atoms with Gasteiger partial charge in [0.25, 0.3) is 0 Å². The Balaban J connectivity index is 2.56. The zero-order chi connectivity index (χ0) is 9.68. The minimum atomic E-state index is 0.319. The molecule has 5 heteroatoms. The van der Waals surface area contributed by atoms with Gasteiger partial charge in [0.05, 0.1) is 11.8 Å². The molecule has 13 heavy (non-hydrogen) atoms. The fraction of sp³-hybridized carbons (Fsp3) is 0.750. The lowest BCUT2D eigenvalue weighted by Gasteiger charge is -2.01. The van der Waals surface area contributed by atoms with Gasteiger partial charge in [-0.15, -0.1) is 0 Å². The highest BCUT2D eigenvalue weighted by atomic mass is 32.2. The Bertz CT molecular complexity index is 251. The Kier molecular flexibility index (Phi) is 4.24. The summed E-state index contributed by atoms with van der Waals surface area (Å²) in [7, 11) is 1.86. The average Bonchev–Trinajstić information content (AvgIpc) is 2.54. The summed E-state index contributed by atoms with van der Waals surface area (Å²) in [6, 6.07) is 0. The van der Waals surface area contributed by atoms with E-state index in [2.05, 4.69) is 29.3 Å². The van der Waals surface area contributed by atoms with E-state index in [4.69, 9.17) is 4.52 Å². The van der Waals surface area contributed by atoms with E-state index in [1.165, 1.54) is 0 Å². The lowest BCUT2D eigenvalue weighted by molar-refractivity contribution is 0.367. The predicted molar refractivity (Wildman–Crippen MR) is 53.6 cm³/mol. The van der Waals surface area contributed by atoms with Crippen LogP contribution < -0.4 is 5.32 Å². The molecule has 0 aliphatic carbocycles. The van der Waals surface area contributed by atoms with Crippen LogP contribution in [-0.4, -0.2) is 22.9 Å². The highest BCUT2D eigenvalue weighted by Gasteiger charge is 2.12. The van der Waals surface area contributed by atoms with Crippen LogP contribution in [0, 0.1) is 0 Å². The first-order chi connectivity index (χ1) is 6.27. The van der Waals surface area contributed by atoms with Crippen LogP contribution in [0.25, 0.3) is 0 Å². The molecule has 0 fully saturated rings. The summed E-state index contributed by atoms with van der Waals surface area (Å²) in [4.78, 5) is 4.26. The molecule has 0 aliphatic rings. The van der Waals surface area contributed by atoms with Crippen LogP contribution in [0.1, 0.15) is 30.8 Å². The van der Waals surface area contributed by atoms with Crippen LogP contribution in [0.3, 0.4) is 0 Å². The third-order valence-corrected chi connectivity index (χ3v) is 2.64. The largest absolute Gasteiger partial charge is 0.338 e. The zero-order valence-electron chi connectivity index (χ0n) is 8.20. The van der Waals surface area contributed by atoms with Crippen molar-refractivity contribution < 1.29 is 4.52 Å². The molecule has 1 heterocycles. The number of hydrogen-bond donors (Lipinski definition) is 1. The van der Waals surface area contributed by atoms with Crippen LogP contribution in [0.2, 0.25) is 0 Å². The van der Waals surface area contributed by atoms with Gasteiger partial charge in [0, 0.05) is 0 Å². The third-order valence-electron chi connectivity index (χ3n) is 1.59. The van der Waals surface area contributed by atoms with Crippen LogP contribution in [-0.2, 0) is 6.54 Å². The molecular weight excluding hydrogens is 186 g/mol. The Hall–Kier alpha value is -0.550. The molecule has 0 saturated heterocycles. The SMILES string of the molecule is CCS[C@@H](C)c1noc(CNC)n1. The standard InChI is InChI=1S/C8H15N3OS/c1-4-13-6(2)8-10-7(5-9-3)12-11-8/h6,9H,4-5H2,1-3H3/t6-/m0/s1. The topological polar surface area (TPSA) is 51.0 Å². The fourth-order valence-electron chi connectivity index (χ4n) is 0.981. The van der Waals surface area contributed by atoms with Crippen molar-refractivity contribution in [1.82, 2.24) is 15.5 Å². The molecule has 4 nitrogen and oxygen atoms in total. The van der Waals surface area contributed by atoms with Gasteiger partial charge < -0.3 is 9.84 Å². The van der Waals surface area contributed by atoms with Crippen molar-refractivity contribution in [2.24, 2.45) is 0 Å². The van der Waals surface area contributed by atoms with Crippen LogP contribution in [0.4, 0.5) is 0 Å². The van der Waals surface area contributed by atoms with E-state index in [0.29, 0.717) is 17.7 Å². The van der Waals surface area contributed by atoms with Crippen LogP contribution >= 0.6 is 11.8 Å². The van der Waals surface area contributed by atoms with Crippen molar-refractivity contribution in [3.8, 4) is 0 Å². The summed E-state index contributed by atoms with van der Waals surface area (Å²) in [5.41, 5.74) is 0. The zero-order valence-corrected chi connectivity index (χ0v) is 9.02. The molecule has 0 aromatic carbocycles. The molecule has 74 valence electrons. The number of rotatable bonds is 5. The van der Waals surface area contributed by atoms with Crippen molar-refractivity contribution in [1.29, 1.82) is 0 Å². The summed E-state index contributed by atoms with van der Waals surface area (Å²) < 4.78 is 5.04. The maximum absolute atomic E-state index is 5.04. The second-order valence-corrected chi connectivity index (χ2v) is 4.29. The molecule has 1 aromatic heterocycles. The van der Waals surface area contributed by atoms with Crippen LogP contribution in [0.15, 0.2) is 4.52 Å². The van der Waals surface area contributed by atoms with Crippen molar-refractivity contribution >= 4 is 11.8 Å². The van der Waals surface area contributed by atoms with E-state index in [1.54, 1.807) is 0 Å². The molecule has 1 aromatic rings. The van der Waals surface area contributed by atoms with Gasteiger partial charge in [-0.2, -0.15) is 16.7 Å². The van der Waals surface area contributed by atoms with Gasteiger partial charge >= 0.3 is 0 Å². The third kappa shape index (κ3) is 3.00. The van der Waals surface area contributed by atoms with E-state index < -0.39 is 0 Å². The Morgan fingerprint density at radius 2 is 2.38 bits per heavy atom. The molecule has 0 bridgehead atoms. The molecule has 0 saturated carbocycles. The number of aromatic nitrogens is 2. The molecule has 1 N–H and O–H groups in total. The van der Waals surface area contributed by atoms with Gasteiger partial charge in [0.2, 0.25) is 5.89 Å². The predicted octanol–water partition coefficient (Wildman–Crippen LogP) is 1.60. The highest BCUT2D eigenvalue weighted by Crippen LogP contribution is 2.24. The Morgan fingerprint density at radius 1 is 1.62 bits per heavy atom. The molecule has 0 aliphatic heterocycles. The van der Waals surface area contributed by atoms with Gasteiger partial charge in [-0.05, 0) is 19.7 Å². The van der Waals surface area contributed by atoms with Gasteiger partial charge in [-0.1, -0.05) is 12.1 Å². The highest BCUT2D eigenvalue weighted by molar-refractivity contribution is 7.99. The summed E-state index contributed by atoms with van der Waals surface area (Å²) in [6.07, 6.45) is 0. The van der Waals surface area contributed by atoms with E-state index in [1.807, 2.05) is 18.8 Å². The first-order valence-corrected chi connectivity index (χ1v) is 5.41. The van der Waals surface area contributed by atoms with E-state index >= 15 is 0 Å². The molecule has 0 spiro atoms. The average molecular weight is 201 g/mol. The lowest BCUT2D eigenvalue weighted by atomic mass is 10.4. The van der Waals surface area contributed by atoms with Gasteiger partial charge in [0.15, 0.2) is 5.82 Å². The smallest absolute Gasteiger partial charge is 0.240 e. The van der Waals surface area contributed by atoms with Crippen molar-refractivity contribution in [3.05, 3.63) is 11.7 Å². The fourth-order valence-corrected chi connectivity index (χ4v) is 1.73. The van der Waals surface area contributed by atoms with Crippen molar-refractivity contribution in [3.63, 3.8) is 0 Å². The van der Waals surface area contributed by atoms with Gasteiger partial charge in [-0.25, -0.2) is 0 Å². The summed E-state index contributed by atoms with van der Waals surface area (Å²) in [6.45, 7) is 4.84. The summed E-state index contributed by atoms with van der Waals surface area (Å²) in [5.74, 6) is 2.51. The number of thioether (sulfide) groups is 1. The quantitative estimate of drug-likeness (QED) is 0.784. The number of nitrogens with one attached hydrogen (secondary N) is 1. The van der Waals surface area contributed by atoms with Crippen molar-refractivity contribution in [2.75, 3.05) is 12.8 Å². The van der Waals surface area contributed by atoms with Gasteiger partial charge in [0.1, 0.15) is 0 Å². The maximum Gasteiger partial charge on any atom is 0.240 e. The molecule has 0 unspecified atom stereocenters. The first-order valence-electron chi connectivity index (χ1n) is 4.36. The first kappa shape index (κ1) is 10.5. The molecule has 1 atom stereocenters. The van der Waals surface area contributed by atoms with E-state index in [-0.39, 0.29) is 0 Å². The van der Waals surface area contributed by atoms with Crippen LogP contribution in [0.5, 0.6) is 0 Å². The Labute approximate surface area is 82.5 Å². The summed E-state index contributed by atoms with van der Waals surface area (Å²) in [5, 5.41) is 7.19. The molecule has 0 amide bonds. The monoisotopic (exact) mass is 201 g/mol. The normalized spacial score (nSPS) is 13.2. The van der Waals surface area contributed by atoms with E-state index in [0.717, 1.165) is 11.6 Å². The molecule has 0 radical (unpaired) electrons. The second-order valence-electron chi connectivity index (χ2n) is 2.67. The Morgan fingerprint density at radius 3 is 3.00 bits per heavy atom. The minimum Gasteiger partial charge on any atom is -0.338 e. The number of hydrogen-bond acceptors (Lipinski definition) is 5. The maximum atomic E-state index is 5.04. The second kappa shape index (κ2) is 5.24. The summed E-state index contributed by atoms with van der Waals surface area (Å²) >= 11 is 1.81. The molecular formula is C8H15N3OS. The van der Waals surface area contributed by atoms with Gasteiger partial charge in [-0.3, -0.25) is 0 Å². The lowest BCUT2D eigenvalue weighted by Crippen LogP contribution is -2.05. The van der Waals surface area contributed by atoms with E-state index in [9.17, 15) is 0 Å². The van der Waals surface area contributed by atoms with Crippen molar-refractivity contribution in [2.45, 2.75) is 25.6 Å². The molecule has 1 rings (SSSR count). The minimum absolute atomic E-state index is 0.319. The number of nitrogens with zero attached hydrogens (tertiary/aromatic N) is 2.